The van der Waals surface area contributed by atoms with Crippen LogP contribution in [0.2, 0.25) is 0 Å². The van der Waals surface area contributed by atoms with Crippen LogP contribution in [0, 0.1) is 0 Å². The van der Waals surface area contributed by atoms with E-state index in [1.807, 2.05) is 61.5 Å². The minimum absolute atomic E-state index is 0.0913. The van der Waals surface area contributed by atoms with Crippen molar-refractivity contribution >= 4 is 11.6 Å². The van der Waals surface area contributed by atoms with Gasteiger partial charge in [0, 0.05) is 25.5 Å². The molecule has 0 radical (unpaired) electrons. The maximum Gasteiger partial charge on any atom is 0.261 e. The summed E-state index contributed by atoms with van der Waals surface area (Å²) in [5.41, 5.74) is 1.37. The van der Waals surface area contributed by atoms with Gasteiger partial charge in [0.15, 0.2) is 0 Å². The molecule has 1 aromatic heterocycles. The quantitative estimate of drug-likeness (QED) is 0.714. The van der Waals surface area contributed by atoms with E-state index in [-0.39, 0.29) is 5.91 Å². The number of rotatable bonds is 5. The van der Waals surface area contributed by atoms with Gasteiger partial charge in [-0.2, -0.15) is 5.10 Å². The molecule has 0 fully saturated rings. The van der Waals surface area contributed by atoms with Crippen LogP contribution < -0.4 is 9.64 Å². The lowest BCUT2D eigenvalue weighted by molar-refractivity contribution is 0.0993. The summed E-state index contributed by atoms with van der Waals surface area (Å²) in [4.78, 5) is 14.1. The summed E-state index contributed by atoms with van der Waals surface area (Å²) in [5.74, 6) is 1.41. The summed E-state index contributed by atoms with van der Waals surface area (Å²) in [6, 6.07) is 17.0. The number of aryl methyl sites for hydroxylation is 1. The monoisotopic (exact) mass is 321 g/mol. The van der Waals surface area contributed by atoms with Crippen LogP contribution in [0.1, 0.15) is 17.3 Å². The molecule has 0 spiro atoms. The van der Waals surface area contributed by atoms with Crippen molar-refractivity contribution < 1.29 is 9.53 Å². The minimum atomic E-state index is -0.0913. The number of amides is 1. The Bertz CT molecular complexity index is 810. The number of benzene rings is 2. The van der Waals surface area contributed by atoms with E-state index >= 15 is 0 Å². The topological polar surface area (TPSA) is 47.4 Å². The Kier molecular flexibility index (Phi) is 4.61. The Morgan fingerprint density at radius 3 is 2.38 bits per heavy atom. The number of nitrogens with zero attached hydrogens (tertiary/aromatic N) is 3. The second kappa shape index (κ2) is 7.00. The van der Waals surface area contributed by atoms with Gasteiger partial charge >= 0.3 is 0 Å². The lowest BCUT2D eigenvalue weighted by atomic mass is 10.2. The van der Waals surface area contributed by atoms with Crippen molar-refractivity contribution in [1.29, 1.82) is 0 Å². The maximum atomic E-state index is 12.5. The summed E-state index contributed by atoms with van der Waals surface area (Å²) in [6.07, 6.45) is 3.35. The van der Waals surface area contributed by atoms with Crippen LogP contribution in [0.3, 0.4) is 0 Å². The van der Waals surface area contributed by atoms with E-state index in [1.54, 1.807) is 29.0 Å². The predicted molar refractivity (Wildman–Crippen MR) is 93.6 cm³/mol. The smallest absolute Gasteiger partial charge is 0.261 e. The summed E-state index contributed by atoms with van der Waals surface area (Å²) < 4.78 is 7.49. The molecule has 0 bridgehead atoms. The standard InChI is InChI=1S/C19H19N3O2/c1-3-22-14-15(13-20-22)19(23)21(2)16-9-11-18(12-10-16)24-17-7-5-4-6-8-17/h4-14H,3H2,1-2H3. The molecule has 1 heterocycles. The summed E-state index contributed by atoms with van der Waals surface area (Å²) in [6.45, 7) is 2.72. The SMILES string of the molecule is CCn1cc(C(=O)N(C)c2ccc(Oc3ccccc3)cc2)cn1. The zero-order chi connectivity index (χ0) is 16.9. The van der Waals surface area contributed by atoms with E-state index in [2.05, 4.69) is 5.10 Å². The highest BCUT2D eigenvalue weighted by Gasteiger charge is 2.15. The molecule has 5 nitrogen and oxygen atoms in total. The molecule has 2 aromatic carbocycles. The fourth-order valence-corrected chi connectivity index (χ4v) is 2.32. The average Bonchev–Trinajstić information content (AvgIpc) is 3.11. The number of aromatic nitrogens is 2. The van der Waals surface area contributed by atoms with Gasteiger partial charge in [-0.25, -0.2) is 0 Å². The van der Waals surface area contributed by atoms with E-state index in [0.29, 0.717) is 5.56 Å². The fraction of sp³-hybridized carbons (Fsp3) is 0.158. The highest BCUT2D eigenvalue weighted by Crippen LogP contribution is 2.24. The van der Waals surface area contributed by atoms with Crippen LogP contribution in [0.25, 0.3) is 0 Å². The van der Waals surface area contributed by atoms with Gasteiger partial charge in [-0.05, 0) is 43.3 Å². The lowest BCUT2D eigenvalue weighted by Crippen LogP contribution is -2.25. The fourth-order valence-electron chi connectivity index (χ4n) is 2.32. The number of para-hydroxylation sites is 1. The second-order valence-corrected chi connectivity index (χ2v) is 5.36. The largest absolute Gasteiger partial charge is 0.457 e. The number of hydrogen-bond donors (Lipinski definition) is 0. The van der Waals surface area contributed by atoms with Crippen molar-refractivity contribution in [3.63, 3.8) is 0 Å². The normalized spacial score (nSPS) is 10.4. The van der Waals surface area contributed by atoms with Crippen molar-refractivity contribution in [2.75, 3.05) is 11.9 Å². The molecule has 0 saturated carbocycles. The van der Waals surface area contributed by atoms with Crippen molar-refractivity contribution in [1.82, 2.24) is 9.78 Å². The molecule has 0 unspecified atom stereocenters. The van der Waals surface area contributed by atoms with Crippen molar-refractivity contribution in [2.24, 2.45) is 0 Å². The summed E-state index contributed by atoms with van der Waals surface area (Å²) in [7, 11) is 1.75. The molecule has 3 aromatic rings. The Morgan fingerprint density at radius 2 is 1.75 bits per heavy atom. The van der Waals surface area contributed by atoms with E-state index in [4.69, 9.17) is 4.74 Å². The number of carbonyl (C=O) groups excluding carboxylic acids is 1. The van der Waals surface area contributed by atoms with Crippen molar-refractivity contribution in [3.05, 3.63) is 72.6 Å². The molecule has 0 aliphatic rings. The zero-order valence-electron chi connectivity index (χ0n) is 13.7. The van der Waals surface area contributed by atoms with Crippen LogP contribution >= 0.6 is 0 Å². The Labute approximate surface area is 141 Å². The number of hydrogen-bond acceptors (Lipinski definition) is 3. The van der Waals surface area contributed by atoms with Crippen molar-refractivity contribution in [3.8, 4) is 11.5 Å². The number of anilines is 1. The predicted octanol–water partition coefficient (Wildman–Crippen LogP) is 3.97. The van der Waals surface area contributed by atoms with Gasteiger partial charge in [-0.15, -0.1) is 0 Å². The Morgan fingerprint density at radius 1 is 1.08 bits per heavy atom. The molecule has 0 aliphatic carbocycles. The first kappa shape index (κ1) is 15.8. The van der Waals surface area contributed by atoms with Crippen LogP contribution in [-0.2, 0) is 6.54 Å². The lowest BCUT2D eigenvalue weighted by Gasteiger charge is -2.17. The van der Waals surface area contributed by atoms with Gasteiger partial charge in [-0.3, -0.25) is 9.48 Å². The van der Waals surface area contributed by atoms with Crippen LogP contribution in [0.15, 0.2) is 67.0 Å². The van der Waals surface area contributed by atoms with Crippen molar-refractivity contribution in [2.45, 2.75) is 13.5 Å². The summed E-state index contributed by atoms with van der Waals surface area (Å²) in [5, 5.41) is 4.14. The molecule has 3 rings (SSSR count). The second-order valence-electron chi connectivity index (χ2n) is 5.36. The third kappa shape index (κ3) is 3.46. The zero-order valence-corrected chi connectivity index (χ0v) is 13.7. The summed E-state index contributed by atoms with van der Waals surface area (Å²) >= 11 is 0. The maximum absolute atomic E-state index is 12.5. The molecular weight excluding hydrogens is 302 g/mol. The molecule has 1 amide bonds. The first-order valence-electron chi connectivity index (χ1n) is 7.81. The molecule has 0 aliphatic heterocycles. The third-order valence-corrected chi connectivity index (χ3v) is 3.71. The number of carbonyl (C=O) groups is 1. The molecule has 0 atom stereocenters. The van der Waals surface area contributed by atoms with Gasteiger partial charge in [0.1, 0.15) is 11.5 Å². The highest BCUT2D eigenvalue weighted by atomic mass is 16.5. The molecule has 24 heavy (non-hydrogen) atoms. The molecule has 122 valence electrons. The van der Waals surface area contributed by atoms with Crippen LogP contribution in [-0.4, -0.2) is 22.7 Å². The Hall–Kier alpha value is -3.08. The third-order valence-electron chi connectivity index (χ3n) is 3.71. The first-order chi connectivity index (χ1) is 11.7. The van der Waals surface area contributed by atoms with Gasteiger partial charge in [0.05, 0.1) is 11.8 Å². The molecular formula is C19H19N3O2. The van der Waals surface area contributed by atoms with E-state index < -0.39 is 0 Å². The van der Waals surface area contributed by atoms with E-state index in [0.717, 1.165) is 23.7 Å². The van der Waals surface area contributed by atoms with Crippen LogP contribution in [0.4, 0.5) is 5.69 Å². The van der Waals surface area contributed by atoms with E-state index in [9.17, 15) is 4.79 Å². The molecule has 0 saturated heterocycles. The van der Waals surface area contributed by atoms with Crippen LogP contribution in [0.5, 0.6) is 11.5 Å². The highest BCUT2D eigenvalue weighted by molar-refractivity contribution is 6.05. The average molecular weight is 321 g/mol. The first-order valence-corrected chi connectivity index (χ1v) is 7.81. The van der Waals surface area contributed by atoms with Gasteiger partial charge in [0.25, 0.3) is 5.91 Å². The minimum Gasteiger partial charge on any atom is -0.457 e. The van der Waals surface area contributed by atoms with Gasteiger partial charge < -0.3 is 9.64 Å². The van der Waals surface area contributed by atoms with E-state index in [1.165, 1.54) is 0 Å². The van der Waals surface area contributed by atoms with Gasteiger partial charge in [0.2, 0.25) is 0 Å². The number of ether oxygens (including phenoxy) is 1. The molecule has 0 N–H and O–H groups in total. The molecule has 5 heteroatoms. The Balaban J connectivity index is 1.71. The van der Waals surface area contributed by atoms with Gasteiger partial charge in [-0.1, -0.05) is 18.2 Å².